The van der Waals surface area contributed by atoms with Gasteiger partial charge in [-0.25, -0.2) is 0 Å². The smallest absolute Gasteiger partial charge is 0.272 e. The highest BCUT2D eigenvalue weighted by Gasteiger charge is 2.18. The van der Waals surface area contributed by atoms with Crippen LogP contribution in [0, 0.1) is 0 Å². The van der Waals surface area contributed by atoms with Crippen molar-refractivity contribution in [3.8, 4) is 5.75 Å². The van der Waals surface area contributed by atoms with Gasteiger partial charge in [-0.2, -0.15) is 5.10 Å². The van der Waals surface area contributed by atoms with E-state index in [9.17, 15) is 4.79 Å². The first-order chi connectivity index (χ1) is 11.3. The number of nitrogens with zero attached hydrogens (tertiary/aromatic N) is 1. The molecule has 3 rings (SSSR count). The standard InChI is InChI=1S/C16H21N3O4/c1-21-13-4-2-3-12-14(13)15(19-18-12)16(20)17-7-10-23-11-5-8-22-9-6-11/h2-4,11H,5-10H2,1H3,(H,17,20)(H,18,19). The first-order valence-corrected chi connectivity index (χ1v) is 7.78. The number of rotatable bonds is 6. The van der Waals surface area contributed by atoms with Gasteiger partial charge in [0.15, 0.2) is 5.69 Å². The lowest BCUT2D eigenvalue weighted by Crippen LogP contribution is -2.31. The Labute approximate surface area is 134 Å². The highest BCUT2D eigenvalue weighted by atomic mass is 16.5. The molecule has 1 aromatic carbocycles. The van der Waals surface area contributed by atoms with Crippen LogP contribution in [0.3, 0.4) is 0 Å². The second-order valence-electron chi connectivity index (χ2n) is 5.39. The maximum Gasteiger partial charge on any atom is 0.272 e. The maximum absolute atomic E-state index is 12.3. The molecule has 1 saturated heterocycles. The Morgan fingerprint density at radius 3 is 3.04 bits per heavy atom. The second-order valence-corrected chi connectivity index (χ2v) is 5.39. The number of nitrogens with one attached hydrogen (secondary N) is 2. The van der Waals surface area contributed by atoms with Crippen LogP contribution >= 0.6 is 0 Å². The van der Waals surface area contributed by atoms with Crippen molar-refractivity contribution < 1.29 is 19.0 Å². The summed E-state index contributed by atoms with van der Waals surface area (Å²) in [4.78, 5) is 12.3. The van der Waals surface area contributed by atoms with E-state index in [1.807, 2.05) is 18.2 Å². The Hall–Kier alpha value is -2.12. The summed E-state index contributed by atoms with van der Waals surface area (Å²) in [5.41, 5.74) is 1.11. The number of aromatic nitrogens is 2. The van der Waals surface area contributed by atoms with E-state index in [1.54, 1.807) is 7.11 Å². The van der Waals surface area contributed by atoms with Gasteiger partial charge < -0.3 is 19.5 Å². The lowest BCUT2D eigenvalue weighted by atomic mass is 10.1. The lowest BCUT2D eigenvalue weighted by Gasteiger charge is -2.22. The number of methoxy groups -OCH3 is 1. The number of carbonyl (C=O) groups is 1. The molecule has 0 saturated carbocycles. The zero-order valence-electron chi connectivity index (χ0n) is 13.1. The van der Waals surface area contributed by atoms with Gasteiger partial charge in [0.2, 0.25) is 0 Å². The number of benzene rings is 1. The molecular weight excluding hydrogens is 298 g/mol. The van der Waals surface area contributed by atoms with E-state index in [0.29, 0.717) is 30.0 Å². The van der Waals surface area contributed by atoms with Crippen molar-refractivity contribution >= 4 is 16.8 Å². The minimum Gasteiger partial charge on any atom is -0.496 e. The van der Waals surface area contributed by atoms with Crippen LogP contribution in [0.4, 0.5) is 0 Å². The molecule has 1 aliphatic heterocycles. The first kappa shape index (κ1) is 15.8. The fourth-order valence-corrected chi connectivity index (χ4v) is 2.69. The van der Waals surface area contributed by atoms with Crippen molar-refractivity contribution in [3.05, 3.63) is 23.9 Å². The van der Waals surface area contributed by atoms with E-state index in [-0.39, 0.29) is 12.0 Å². The Balaban J connectivity index is 1.56. The van der Waals surface area contributed by atoms with Crippen LogP contribution in [-0.2, 0) is 9.47 Å². The maximum atomic E-state index is 12.3. The van der Waals surface area contributed by atoms with Gasteiger partial charge in [-0.05, 0) is 25.0 Å². The van der Waals surface area contributed by atoms with Crippen LogP contribution in [0.25, 0.3) is 10.9 Å². The molecule has 0 unspecified atom stereocenters. The number of amides is 1. The number of hydrogen-bond acceptors (Lipinski definition) is 5. The zero-order valence-corrected chi connectivity index (χ0v) is 13.1. The molecule has 124 valence electrons. The average Bonchev–Trinajstić information content (AvgIpc) is 3.03. The molecule has 2 aromatic rings. The van der Waals surface area contributed by atoms with Crippen LogP contribution in [0.2, 0.25) is 0 Å². The number of fused-ring (bicyclic) bond motifs is 1. The van der Waals surface area contributed by atoms with Crippen LogP contribution in [0.15, 0.2) is 18.2 Å². The molecular formula is C16H21N3O4. The molecule has 2 N–H and O–H groups in total. The molecule has 0 spiro atoms. The molecule has 0 atom stereocenters. The van der Waals surface area contributed by atoms with E-state index in [1.165, 1.54) is 0 Å². The first-order valence-electron chi connectivity index (χ1n) is 7.78. The monoisotopic (exact) mass is 319 g/mol. The van der Waals surface area contributed by atoms with Crippen molar-refractivity contribution in [2.75, 3.05) is 33.5 Å². The third kappa shape index (κ3) is 3.62. The summed E-state index contributed by atoms with van der Waals surface area (Å²) in [6.07, 6.45) is 2.05. The number of carbonyl (C=O) groups excluding carboxylic acids is 1. The quantitative estimate of drug-likeness (QED) is 0.788. The second kappa shape index (κ2) is 7.43. The molecule has 0 aliphatic carbocycles. The zero-order chi connectivity index (χ0) is 16.1. The predicted molar refractivity (Wildman–Crippen MR) is 84.8 cm³/mol. The largest absolute Gasteiger partial charge is 0.496 e. The number of H-pyrrole nitrogens is 1. The van der Waals surface area contributed by atoms with Gasteiger partial charge in [0.25, 0.3) is 5.91 Å². The molecule has 7 heteroatoms. The Bertz CT molecular complexity index is 664. The Kier molecular flexibility index (Phi) is 5.09. The molecule has 0 radical (unpaired) electrons. The predicted octanol–water partition coefficient (Wildman–Crippen LogP) is 1.50. The van der Waals surface area contributed by atoms with Crippen molar-refractivity contribution in [3.63, 3.8) is 0 Å². The molecule has 1 aromatic heterocycles. The highest BCUT2D eigenvalue weighted by molar-refractivity contribution is 6.07. The summed E-state index contributed by atoms with van der Waals surface area (Å²) in [5.74, 6) is 0.385. The molecule has 1 fully saturated rings. The van der Waals surface area contributed by atoms with Crippen molar-refractivity contribution in [2.45, 2.75) is 18.9 Å². The van der Waals surface area contributed by atoms with E-state index in [4.69, 9.17) is 14.2 Å². The van der Waals surface area contributed by atoms with Gasteiger partial charge in [0.1, 0.15) is 5.75 Å². The molecule has 2 heterocycles. The van der Waals surface area contributed by atoms with E-state index in [2.05, 4.69) is 15.5 Å². The van der Waals surface area contributed by atoms with E-state index < -0.39 is 0 Å². The SMILES string of the molecule is COc1cccc2[nH]nc(C(=O)NCCOC3CCOCC3)c12. The van der Waals surface area contributed by atoms with Crippen LogP contribution in [0.5, 0.6) is 5.75 Å². The number of aromatic amines is 1. The third-order valence-electron chi connectivity index (χ3n) is 3.90. The number of ether oxygens (including phenoxy) is 3. The topological polar surface area (TPSA) is 85.5 Å². The summed E-state index contributed by atoms with van der Waals surface area (Å²) in [6.45, 7) is 2.42. The van der Waals surface area contributed by atoms with Crippen molar-refractivity contribution in [1.82, 2.24) is 15.5 Å². The third-order valence-corrected chi connectivity index (χ3v) is 3.90. The van der Waals surface area contributed by atoms with Gasteiger partial charge in [-0.3, -0.25) is 9.89 Å². The lowest BCUT2D eigenvalue weighted by molar-refractivity contribution is -0.0302. The van der Waals surface area contributed by atoms with Crippen LogP contribution in [-0.4, -0.2) is 55.7 Å². The minimum absolute atomic E-state index is 0.229. The summed E-state index contributed by atoms with van der Waals surface area (Å²) in [5, 5.41) is 10.5. The van der Waals surface area contributed by atoms with Gasteiger partial charge in [-0.15, -0.1) is 0 Å². The molecule has 0 bridgehead atoms. The minimum atomic E-state index is -0.240. The summed E-state index contributed by atoms with van der Waals surface area (Å²) < 4.78 is 16.3. The van der Waals surface area contributed by atoms with Gasteiger partial charge in [0.05, 0.1) is 30.7 Å². The fourth-order valence-electron chi connectivity index (χ4n) is 2.69. The molecule has 1 aliphatic rings. The van der Waals surface area contributed by atoms with Crippen LogP contribution in [0.1, 0.15) is 23.3 Å². The molecule has 1 amide bonds. The summed E-state index contributed by atoms with van der Waals surface area (Å²) in [7, 11) is 1.57. The average molecular weight is 319 g/mol. The van der Waals surface area contributed by atoms with Crippen molar-refractivity contribution in [1.29, 1.82) is 0 Å². The number of hydrogen-bond donors (Lipinski definition) is 2. The molecule has 7 nitrogen and oxygen atoms in total. The molecule has 23 heavy (non-hydrogen) atoms. The Morgan fingerprint density at radius 2 is 2.26 bits per heavy atom. The van der Waals surface area contributed by atoms with Gasteiger partial charge >= 0.3 is 0 Å². The van der Waals surface area contributed by atoms with E-state index >= 15 is 0 Å². The fraction of sp³-hybridized carbons (Fsp3) is 0.500. The van der Waals surface area contributed by atoms with E-state index in [0.717, 1.165) is 31.6 Å². The van der Waals surface area contributed by atoms with Gasteiger partial charge in [-0.1, -0.05) is 6.07 Å². The van der Waals surface area contributed by atoms with Gasteiger partial charge in [0, 0.05) is 19.8 Å². The van der Waals surface area contributed by atoms with Crippen LogP contribution < -0.4 is 10.1 Å². The van der Waals surface area contributed by atoms with Crippen molar-refractivity contribution in [2.24, 2.45) is 0 Å². The summed E-state index contributed by atoms with van der Waals surface area (Å²) >= 11 is 0. The Morgan fingerprint density at radius 1 is 1.43 bits per heavy atom. The highest BCUT2D eigenvalue weighted by Crippen LogP contribution is 2.26. The normalized spacial score (nSPS) is 15.7. The summed E-state index contributed by atoms with van der Waals surface area (Å²) in [6, 6.07) is 5.52.